The molecule has 0 heterocycles. The molecular formula is C10H8Br2O. The molecule has 0 aliphatic heterocycles. The van der Waals surface area contributed by atoms with Crippen molar-refractivity contribution in [2.24, 2.45) is 0 Å². The Morgan fingerprint density at radius 3 is 2.77 bits per heavy atom. The summed E-state index contributed by atoms with van der Waals surface area (Å²) < 4.78 is 1.81. The largest absolute Gasteiger partial charge is 0.387 e. The summed E-state index contributed by atoms with van der Waals surface area (Å²) in [7, 11) is 0. The van der Waals surface area contributed by atoms with Crippen molar-refractivity contribution in [2.45, 2.75) is 12.5 Å². The number of halogens is 2. The molecule has 3 heteroatoms. The molecule has 1 nitrogen and oxygen atoms in total. The standard InChI is InChI=1S/C10H8Br2O/c1-2-3-10(13)8-6-7(11)4-5-9(8)12/h1,4-6,10,13H,3H2. The third-order valence-corrected chi connectivity index (χ3v) is 2.84. The molecule has 0 aliphatic rings. The highest BCUT2D eigenvalue weighted by molar-refractivity contribution is 9.11. The Labute approximate surface area is 94.4 Å². The van der Waals surface area contributed by atoms with Crippen molar-refractivity contribution in [3.8, 4) is 12.3 Å². The summed E-state index contributed by atoms with van der Waals surface area (Å²) in [5, 5.41) is 9.63. The average molecular weight is 304 g/mol. The van der Waals surface area contributed by atoms with Crippen LogP contribution in [-0.4, -0.2) is 5.11 Å². The topological polar surface area (TPSA) is 20.2 Å². The fourth-order valence-corrected chi connectivity index (χ4v) is 1.88. The Kier molecular flexibility index (Phi) is 3.98. The Hall–Kier alpha value is -0.300. The van der Waals surface area contributed by atoms with Gasteiger partial charge in [-0.2, -0.15) is 0 Å². The summed E-state index contributed by atoms with van der Waals surface area (Å²) in [5.41, 5.74) is 0.812. The molecule has 0 amide bonds. The second-order valence-electron chi connectivity index (χ2n) is 2.59. The van der Waals surface area contributed by atoms with Gasteiger partial charge >= 0.3 is 0 Å². The molecule has 0 bridgehead atoms. The second kappa shape index (κ2) is 4.80. The zero-order valence-electron chi connectivity index (χ0n) is 6.80. The van der Waals surface area contributed by atoms with Gasteiger partial charge in [0.05, 0.1) is 6.10 Å². The highest BCUT2D eigenvalue weighted by Gasteiger charge is 2.09. The third-order valence-electron chi connectivity index (χ3n) is 1.63. The highest BCUT2D eigenvalue weighted by Crippen LogP contribution is 2.28. The van der Waals surface area contributed by atoms with Crippen LogP contribution in [0.4, 0.5) is 0 Å². The van der Waals surface area contributed by atoms with Crippen molar-refractivity contribution in [3.63, 3.8) is 0 Å². The predicted octanol–water partition coefficient (Wildman–Crippen LogP) is 3.27. The van der Waals surface area contributed by atoms with E-state index in [0.29, 0.717) is 6.42 Å². The molecule has 1 aromatic rings. The molecule has 0 aliphatic carbocycles. The maximum atomic E-state index is 9.63. The van der Waals surface area contributed by atoms with Gasteiger partial charge in [0.1, 0.15) is 0 Å². The van der Waals surface area contributed by atoms with Crippen LogP contribution in [-0.2, 0) is 0 Å². The second-order valence-corrected chi connectivity index (χ2v) is 4.36. The van der Waals surface area contributed by atoms with Gasteiger partial charge in [0.2, 0.25) is 0 Å². The summed E-state index contributed by atoms with van der Waals surface area (Å²) in [6, 6.07) is 5.63. The molecule has 0 aromatic heterocycles. The van der Waals surface area contributed by atoms with Crippen LogP contribution in [0.5, 0.6) is 0 Å². The van der Waals surface area contributed by atoms with E-state index in [4.69, 9.17) is 6.42 Å². The first-order chi connectivity index (χ1) is 6.15. The maximum Gasteiger partial charge on any atom is 0.0910 e. The molecule has 0 spiro atoms. The average Bonchev–Trinajstić information content (AvgIpc) is 2.09. The van der Waals surface area contributed by atoms with E-state index in [9.17, 15) is 5.11 Å². The molecule has 1 unspecified atom stereocenters. The molecule has 1 N–H and O–H groups in total. The minimum atomic E-state index is -0.600. The number of hydrogen-bond acceptors (Lipinski definition) is 1. The Morgan fingerprint density at radius 1 is 1.46 bits per heavy atom. The van der Waals surface area contributed by atoms with Gasteiger partial charge in [0, 0.05) is 15.4 Å². The quantitative estimate of drug-likeness (QED) is 0.832. The van der Waals surface area contributed by atoms with E-state index in [1.165, 1.54) is 0 Å². The minimum absolute atomic E-state index is 0.328. The molecule has 0 saturated carbocycles. The van der Waals surface area contributed by atoms with Gasteiger partial charge in [-0.05, 0) is 23.8 Å². The maximum absolute atomic E-state index is 9.63. The van der Waals surface area contributed by atoms with Crippen LogP contribution < -0.4 is 0 Å². The number of hydrogen-bond donors (Lipinski definition) is 1. The highest BCUT2D eigenvalue weighted by atomic mass is 79.9. The first-order valence-corrected chi connectivity index (χ1v) is 5.30. The van der Waals surface area contributed by atoms with Crippen molar-refractivity contribution in [1.29, 1.82) is 0 Å². The van der Waals surface area contributed by atoms with Gasteiger partial charge in [-0.3, -0.25) is 0 Å². The van der Waals surface area contributed by atoms with Crippen molar-refractivity contribution in [2.75, 3.05) is 0 Å². The number of aliphatic hydroxyl groups is 1. The number of terminal acetylenes is 1. The first kappa shape index (κ1) is 10.8. The number of rotatable bonds is 2. The summed E-state index contributed by atoms with van der Waals surface area (Å²) >= 11 is 6.68. The van der Waals surface area contributed by atoms with Crippen molar-refractivity contribution >= 4 is 31.9 Å². The summed E-state index contributed by atoms with van der Waals surface area (Å²) in [6.07, 6.45) is 4.85. The van der Waals surface area contributed by atoms with Crippen LogP contribution in [0.25, 0.3) is 0 Å². The fraction of sp³-hybridized carbons (Fsp3) is 0.200. The van der Waals surface area contributed by atoms with Gasteiger partial charge in [-0.1, -0.05) is 31.9 Å². The van der Waals surface area contributed by atoms with Crippen molar-refractivity contribution in [3.05, 3.63) is 32.7 Å². The van der Waals surface area contributed by atoms with Crippen LogP contribution in [0.1, 0.15) is 18.1 Å². The third kappa shape index (κ3) is 2.84. The Bertz CT molecular complexity index is 341. The zero-order valence-corrected chi connectivity index (χ0v) is 9.97. The van der Waals surface area contributed by atoms with Crippen LogP contribution >= 0.6 is 31.9 Å². The van der Waals surface area contributed by atoms with Gasteiger partial charge in [-0.15, -0.1) is 12.3 Å². The van der Waals surface area contributed by atoms with Crippen LogP contribution in [0, 0.1) is 12.3 Å². The number of benzene rings is 1. The van der Waals surface area contributed by atoms with Gasteiger partial charge in [0.25, 0.3) is 0 Å². The van der Waals surface area contributed by atoms with Crippen LogP contribution in [0.2, 0.25) is 0 Å². The first-order valence-electron chi connectivity index (χ1n) is 3.71. The van der Waals surface area contributed by atoms with E-state index in [2.05, 4.69) is 37.8 Å². The van der Waals surface area contributed by atoms with Crippen molar-refractivity contribution < 1.29 is 5.11 Å². The lowest BCUT2D eigenvalue weighted by Gasteiger charge is -2.09. The lowest BCUT2D eigenvalue weighted by Crippen LogP contribution is -1.96. The summed E-state index contributed by atoms with van der Waals surface area (Å²) in [4.78, 5) is 0. The normalized spacial score (nSPS) is 12.2. The zero-order chi connectivity index (χ0) is 9.84. The molecule has 0 radical (unpaired) electrons. The lowest BCUT2D eigenvalue weighted by molar-refractivity contribution is 0.183. The van der Waals surface area contributed by atoms with Gasteiger partial charge in [0.15, 0.2) is 0 Å². The predicted molar refractivity (Wildman–Crippen MR) is 60.3 cm³/mol. The molecule has 13 heavy (non-hydrogen) atoms. The molecule has 1 rings (SSSR count). The van der Waals surface area contributed by atoms with Gasteiger partial charge < -0.3 is 5.11 Å². The van der Waals surface area contributed by atoms with E-state index >= 15 is 0 Å². The van der Waals surface area contributed by atoms with E-state index in [-0.39, 0.29) is 0 Å². The van der Waals surface area contributed by atoms with E-state index in [0.717, 1.165) is 14.5 Å². The molecular weight excluding hydrogens is 296 g/mol. The lowest BCUT2D eigenvalue weighted by atomic mass is 10.1. The molecule has 68 valence electrons. The van der Waals surface area contributed by atoms with Crippen LogP contribution in [0.15, 0.2) is 27.1 Å². The Balaban J connectivity index is 3.00. The smallest absolute Gasteiger partial charge is 0.0910 e. The molecule has 0 fully saturated rings. The minimum Gasteiger partial charge on any atom is -0.387 e. The monoisotopic (exact) mass is 302 g/mol. The summed E-state index contributed by atoms with van der Waals surface area (Å²) in [6.45, 7) is 0. The van der Waals surface area contributed by atoms with Gasteiger partial charge in [-0.25, -0.2) is 0 Å². The number of aliphatic hydroxyl groups excluding tert-OH is 1. The molecule has 0 saturated heterocycles. The van der Waals surface area contributed by atoms with E-state index in [1.54, 1.807) is 0 Å². The fourth-order valence-electron chi connectivity index (χ4n) is 0.992. The van der Waals surface area contributed by atoms with Crippen LogP contribution in [0.3, 0.4) is 0 Å². The SMILES string of the molecule is C#CCC(O)c1cc(Br)ccc1Br. The molecule has 1 atom stereocenters. The van der Waals surface area contributed by atoms with E-state index in [1.807, 2.05) is 18.2 Å². The van der Waals surface area contributed by atoms with Crippen molar-refractivity contribution in [1.82, 2.24) is 0 Å². The van der Waals surface area contributed by atoms with E-state index < -0.39 is 6.10 Å². The Morgan fingerprint density at radius 2 is 2.15 bits per heavy atom. The summed E-state index contributed by atoms with van der Waals surface area (Å²) in [5.74, 6) is 2.43. The molecule has 1 aromatic carbocycles.